The molecule has 0 unspecified atom stereocenters. The summed E-state index contributed by atoms with van der Waals surface area (Å²) in [6.45, 7) is 0. The molecule has 4 rings (SSSR count). The quantitative estimate of drug-likeness (QED) is 0.476. The summed E-state index contributed by atoms with van der Waals surface area (Å²) < 4.78 is 0. The zero-order valence-corrected chi connectivity index (χ0v) is 13.0. The third-order valence-electron chi connectivity index (χ3n) is 4.81. The highest BCUT2D eigenvalue weighted by molar-refractivity contribution is 6.33. The first kappa shape index (κ1) is 14.3. The van der Waals surface area contributed by atoms with Crippen molar-refractivity contribution in [2.75, 3.05) is 5.32 Å². The lowest BCUT2D eigenvalue weighted by atomic mass is 9.77. The van der Waals surface area contributed by atoms with Gasteiger partial charge in [0.1, 0.15) is 0 Å². The van der Waals surface area contributed by atoms with Crippen LogP contribution in [0, 0.1) is 16.0 Å². The van der Waals surface area contributed by atoms with Crippen LogP contribution < -0.4 is 5.32 Å². The summed E-state index contributed by atoms with van der Waals surface area (Å²) in [6.07, 6.45) is 5.45. The molecule has 116 valence electrons. The van der Waals surface area contributed by atoms with E-state index in [0.29, 0.717) is 16.9 Å². The fourth-order valence-corrected chi connectivity index (χ4v) is 3.95. The number of nitrogens with one attached hydrogen (secondary N) is 1. The van der Waals surface area contributed by atoms with Crippen molar-refractivity contribution in [1.82, 2.24) is 0 Å². The van der Waals surface area contributed by atoms with Gasteiger partial charge in [0.2, 0.25) is 0 Å². The van der Waals surface area contributed by atoms with E-state index >= 15 is 0 Å². The van der Waals surface area contributed by atoms with E-state index < -0.39 is 0 Å². The van der Waals surface area contributed by atoms with Crippen LogP contribution in [0.25, 0.3) is 0 Å². The van der Waals surface area contributed by atoms with Crippen LogP contribution in [0.3, 0.4) is 0 Å². The van der Waals surface area contributed by atoms with Crippen LogP contribution in [0.4, 0.5) is 11.4 Å². The average Bonchev–Trinajstić information content (AvgIpc) is 3.04. The highest BCUT2D eigenvalue weighted by Gasteiger charge is 2.38. The number of benzene rings is 2. The molecule has 1 aliphatic heterocycles. The molecule has 1 N–H and O–H groups in total. The normalized spacial score (nSPS) is 24.7. The molecular formula is C18H15ClN2O2. The van der Waals surface area contributed by atoms with Gasteiger partial charge in [-0.3, -0.25) is 10.1 Å². The molecule has 0 aromatic heterocycles. The highest BCUT2D eigenvalue weighted by Crippen LogP contribution is 2.51. The van der Waals surface area contributed by atoms with Crippen LogP contribution in [-0.2, 0) is 0 Å². The second kappa shape index (κ2) is 5.39. The summed E-state index contributed by atoms with van der Waals surface area (Å²) in [6, 6.07) is 12.9. The summed E-state index contributed by atoms with van der Waals surface area (Å²) in [5.41, 5.74) is 3.38. The Bertz CT molecular complexity index is 801. The number of nitro groups is 1. The number of hydrogen-bond acceptors (Lipinski definition) is 3. The highest BCUT2D eigenvalue weighted by atomic mass is 35.5. The fraction of sp³-hybridized carbons (Fsp3) is 0.222. The van der Waals surface area contributed by atoms with Crippen molar-refractivity contribution in [1.29, 1.82) is 0 Å². The van der Waals surface area contributed by atoms with E-state index in [1.807, 2.05) is 24.3 Å². The summed E-state index contributed by atoms with van der Waals surface area (Å²) in [5, 5.41) is 15.1. The summed E-state index contributed by atoms with van der Waals surface area (Å²) in [7, 11) is 0. The van der Waals surface area contributed by atoms with E-state index in [4.69, 9.17) is 11.6 Å². The van der Waals surface area contributed by atoms with Gasteiger partial charge in [-0.15, -0.1) is 0 Å². The first-order chi connectivity index (χ1) is 11.1. The maximum Gasteiger partial charge on any atom is 0.269 e. The SMILES string of the molecule is O=[N+]([O-])c1ccc([C@@H]2Nc3c(Cl)cccc3[C@H]3C=CC[C@@H]32)cc1. The molecule has 1 aliphatic carbocycles. The molecule has 0 saturated carbocycles. The molecule has 0 spiro atoms. The van der Waals surface area contributed by atoms with E-state index in [2.05, 4.69) is 23.5 Å². The van der Waals surface area contributed by atoms with E-state index in [0.717, 1.165) is 17.7 Å². The van der Waals surface area contributed by atoms with Gasteiger partial charge in [-0.2, -0.15) is 0 Å². The zero-order chi connectivity index (χ0) is 16.0. The molecule has 23 heavy (non-hydrogen) atoms. The maximum absolute atomic E-state index is 10.8. The van der Waals surface area contributed by atoms with Crippen molar-refractivity contribution in [3.8, 4) is 0 Å². The molecule has 4 nitrogen and oxygen atoms in total. The Kier molecular flexibility index (Phi) is 3.34. The Balaban J connectivity index is 1.75. The van der Waals surface area contributed by atoms with E-state index in [-0.39, 0.29) is 16.7 Å². The largest absolute Gasteiger partial charge is 0.376 e. The molecule has 0 bridgehead atoms. The number of fused-ring (bicyclic) bond motifs is 3. The van der Waals surface area contributed by atoms with E-state index in [9.17, 15) is 10.1 Å². The van der Waals surface area contributed by atoms with Gasteiger partial charge >= 0.3 is 0 Å². The minimum Gasteiger partial charge on any atom is -0.376 e. The Hall–Kier alpha value is -2.33. The number of nitrogens with zero attached hydrogens (tertiary/aromatic N) is 1. The fourth-order valence-electron chi connectivity index (χ4n) is 3.72. The van der Waals surface area contributed by atoms with Gasteiger partial charge in [0.05, 0.1) is 21.7 Å². The Labute approximate surface area is 138 Å². The summed E-state index contributed by atoms with van der Waals surface area (Å²) in [4.78, 5) is 10.5. The number of halogens is 1. The number of rotatable bonds is 2. The molecule has 0 radical (unpaired) electrons. The van der Waals surface area contributed by atoms with Gasteiger partial charge < -0.3 is 5.32 Å². The number of anilines is 1. The van der Waals surface area contributed by atoms with Gasteiger partial charge in [0.15, 0.2) is 0 Å². The van der Waals surface area contributed by atoms with E-state index in [1.54, 1.807) is 12.1 Å². The van der Waals surface area contributed by atoms with Crippen LogP contribution in [0.2, 0.25) is 5.02 Å². The van der Waals surface area contributed by atoms with Gasteiger partial charge in [-0.05, 0) is 29.5 Å². The minimum atomic E-state index is -0.371. The van der Waals surface area contributed by atoms with Crippen molar-refractivity contribution in [2.45, 2.75) is 18.4 Å². The van der Waals surface area contributed by atoms with Crippen LogP contribution in [0.5, 0.6) is 0 Å². The standard InChI is InChI=1S/C18H15ClN2O2/c19-16-6-2-5-15-13-3-1-4-14(13)17(20-18(15)16)11-7-9-12(10-8-11)21(22)23/h1-3,5-10,13-14,17,20H,4H2/t13-,14-,17-/m0/s1. The molecule has 1 heterocycles. The number of non-ortho nitro benzene ring substituents is 1. The average molecular weight is 327 g/mol. The third kappa shape index (κ3) is 2.30. The van der Waals surface area contributed by atoms with Gasteiger partial charge in [0.25, 0.3) is 5.69 Å². The topological polar surface area (TPSA) is 55.2 Å². The molecule has 3 atom stereocenters. The summed E-state index contributed by atoms with van der Waals surface area (Å²) >= 11 is 6.38. The lowest BCUT2D eigenvalue weighted by molar-refractivity contribution is -0.384. The second-order valence-corrected chi connectivity index (χ2v) is 6.44. The molecular weight excluding hydrogens is 312 g/mol. The monoisotopic (exact) mass is 326 g/mol. The molecule has 2 aromatic carbocycles. The molecule has 5 heteroatoms. The molecule has 2 aromatic rings. The number of allylic oxidation sites excluding steroid dienone is 2. The summed E-state index contributed by atoms with van der Waals surface area (Å²) in [5.74, 6) is 0.743. The Morgan fingerprint density at radius 3 is 2.70 bits per heavy atom. The minimum absolute atomic E-state index is 0.100. The predicted molar refractivity (Wildman–Crippen MR) is 90.9 cm³/mol. The smallest absolute Gasteiger partial charge is 0.269 e. The molecule has 0 fully saturated rings. The predicted octanol–water partition coefficient (Wildman–Crippen LogP) is 5.07. The lowest BCUT2D eigenvalue weighted by Crippen LogP contribution is -2.29. The zero-order valence-electron chi connectivity index (χ0n) is 12.3. The molecule has 2 aliphatic rings. The second-order valence-electron chi connectivity index (χ2n) is 6.03. The number of nitro benzene ring substituents is 1. The van der Waals surface area contributed by atoms with Crippen LogP contribution in [0.15, 0.2) is 54.6 Å². The first-order valence-electron chi connectivity index (χ1n) is 7.61. The van der Waals surface area contributed by atoms with Crippen molar-refractivity contribution < 1.29 is 4.92 Å². The first-order valence-corrected chi connectivity index (χ1v) is 7.99. The van der Waals surface area contributed by atoms with Crippen LogP contribution in [-0.4, -0.2) is 4.92 Å². The van der Waals surface area contributed by atoms with Crippen molar-refractivity contribution >= 4 is 23.0 Å². The Morgan fingerprint density at radius 2 is 1.96 bits per heavy atom. The third-order valence-corrected chi connectivity index (χ3v) is 5.12. The molecule has 0 amide bonds. The maximum atomic E-state index is 10.8. The number of para-hydroxylation sites is 1. The Morgan fingerprint density at radius 1 is 1.17 bits per heavy atom. The van der Waals surface area contributed by atoms with Crippen molar-refractivity contribution in [3.63, 3.8) is 0 Å². The lowest BCUT2D eigenvalue weighted by Gasteiger charge is -2.37. The van der Waals surface area contributed by atoms with Gasteiger partial charge in [-0.25, -0.2) is 0 Å². The van der Waals surface area contributed by atoms with Crippen LogP contribution >= 0.6 is 11.6 Å². The van der Waals surface area contributed by atoms with Gasteiger partial charge in [0, 0.05) is 18.1 Å². The van der Waals surface area contributed by atoms with Crippen LogP contribution in [0.1, 0.15) is 29.5 Å². The van der Waals surface area contributed by atoms with Crippen molar-refractivity contribution in [3.05, 3.63) is 80.9 Å². The molecule has 0 saturated heterocycles. The number of hydrogen-bond donors (Lipinski definition) is 1. The van der Waals surface area contributed by atoms with Crippen molar-refractivity contribution in [2.24, 2.45) is 5.92 Å². The van der Waals surface area contributed by atoms with Gasteiger partial charge in [-0.1, -0.05) is 48.0 Å². The van der Waals surface area contributed by atoms with E-state index in [1.165, 1.54) is 5.56 Å².